The van der Waals surface area contributed by atoms with Gasteiger partial charge in [0.2, 0.25) is 5.95 Å². The van der Waals surface area contributed by atoms with Crippen LogP contribution >= 0.6 is 0 Å². The van der Waals surface area contributed by atoms with Crippen molar-refractivity contribution in [2.75, 3.05) is 11.9 Å². The van der Waals surface area contributed by atoms with E-state index in [1.165, 1.54) is 12.1 Å². The molecule has 0 bridgehead atoms. The summed E-state index contributed by atoms with van der Waals surface area (Å²) in [7, 11) is 0. The van der Waals surface area contributed by atoms with Crippen molar-refractivity contribution in [3.05, 3.63) is 72.2 Å². The highest BCUT2D eigenvalue weighted by molar-refractivity contribution is 5.95. The fourth-order valence-electron chi connectivity index (χ4n) is 3.43. The quantitative estimate of drug-likeness (QED) is 0.447. The van der Waals surface area contributed by atoms with Crippen LogP contribution in [0.4, 0.5) is 16.0 Å². The lowest BCUT2D eigenvalue weighted by Crippen LogP contribution is -2.26. The maximum absolute atomic E-state index is 14.5. The minimum Gasteiger partial charge on any atom is -0.479 e. The summed E-state index contributed by atoms with van der Waals surface area (Å²) in [5.41, 5.74) is 2.82. The molecule has 2 aromatic carbocycles. The molecule has 5 rings (SSSR count). The molecule has 2 heterocycles. The first-order valence-electron chi connectivity index (χ1n) is 10.4. The number of benzene rings is 2. The number of hydrogen-bond acceptors (Lipinski definition) is 6. The van der Waals surface area contributed by atoms with Crippen LogP contribution in [0.1, 0.15) is 23.2 Å². The maximum Gasteiger partial charge on any atom is 0.254 e. The van der Waals surface area contributed by atoms with Gasteiger partial charge in [-0.25, -0.2) is 8.91 Å². The molecule has 0 spiro atoms. The summed E-state index contributed by atoms with van der Waals surface area (Å²) in [5.74, 6) is -0.110. The molecular weight excluding hydrogens is 423 g/mol. The number of rotatable bonds is 7. The van der Waals surface area contributed by atoms with E-state index in [0.717, 1.165) is 24.0 Å². The van der Waals surface area contributed by atoms with Crippen LogP contribution in [-0.2, 0) is 0 Å². The van der Waals surface area contributed by atoms with Crippen LogP contribution in [0.25, 0.3) is 16.8 Å². The van der Waals surface area contributed by atoms with Crippen molar-refractivity contribution in [1.29, 1.82) is 5.26 Å². The normalized spacial score (nSPS) is 12.8. The van der Waals surface area contributed by atoms with Crippen LogP contribution in [0.5, 0.6) is 5.75 Å². The van der Waals surface area contributed by atoms with Crippen LogP contribution in [-0.4, -0.2) is 33.2 Å². The predicted molar refractivity (Wildman–Crippen MR) is 120 cm³/mol. The van der Waals surface area contributed by atoms with Crippen LogP contribution in [0.3, 0.4) is 0 Å². The van der Waals surface area contributed by atoms with Gasteiger partial charge in [-0.1, -0.05) is 12.1 Å². The first-order chi connectivity index (χ1) is 16.1. The number of anilines is 2. The average molecular weight is 442 g/mol. The number of amides is 1. The van der Waals surface area contributed by atoms with Gasteiger partial charge in [0, 0.05) is 23.5 Å². The molecule has 33 heavy (non-hydrogen) atoms. The molecule has 1 saturated carbocycles. The molecule has 2 N–H and O–H groups in total. The predicted octanol–water partition coefficient (Wildman–Crippen LogP) is 4.07. The molecule has 0 unspecified atom stereocenters. The number of pyridine rings is 1. The molecule has 1 fully saturated rings. The Balaban J connectivity index is 1.37. The average Bonchev–Trinajstić information content (AvgIpc) is 3.53. The zero-order valence-electron chi connectivity index (χ0n) is 17.5. The lowest BCUT2D eigenvalue weighted by Gasteiger charge is -2.07. The largest absolute Gasteiger partial charge is 0.479 e. The van der Waals surface area contributed by atoms with Gasteiger partial charge in [0.05, 0.1) is 5.56 Å². The Kier molecular flexibility index (Phi) is 5.32. The van der Waals surface area contributed by atoms with E-state index in [-0.39, 0.29) is 18.2 Å². The Hall–Kier alpha value is -4.45. The molecule has 9 heteroatoms. The summed E-state index contributed by atoms with van der Waals surface area (Å²) in [6, 6.07) is 17.5. The number of ether oxygens (including phenoxy) is 1. The summed E-state index contributed by atoms with van der Waals surface area (Å²) < 4.78 is 21.4. The lowest BCUT2D eigenvalue weighted by atomic mass is 10.1. The third-order valence-electron chi connectivity index (χ3n) is 5.21. The van der Waals surface area contributed by atoms with Gasteiger partial charge in [0.25, 0.3) is 5.91 Å². The van der Waals surface area contributed by atoms with Gasteiger partial charge in [-0.2, -0.15) is 10.2 Å². The highest BCUT2D eigenvalue weighted by Crippen LogP contribution is 2.27. The monoisotopic (exact) mass is 442 g/mol. The molecule has 1 aliphatic carbocycles. The Morgan fingerprint density at radius 1 is 1.21 bits per heavy atom. The van der Waals surface area contributed by atoms with E-state index in [2.05, 4.69) is 20.7 Å². The molecule has 4 aromatic rings. The fourth-order valence-corrected chi connectivity index (χ4v) is 3.43. The molecule has 8 nitrogen and oxygen atoms in total. The maximum atomic E-state index is 14.5. The van der Waals surface area contributed by atoms with E-state index in [9.17, 15) is 9.18 Å². The number of hydrogen-bond donors (Lipinski definition) is 2. The summed E-state index contributed by atoms with van der Waals surface area (Å²) >= 11 is 0. The van der Waals surface area contributed by atoms with Gasteiger partial charge in [0.15, 0.2) is 12.3 Å². The van der Waals surface area contributed by atoms with Gasteiger partial charge in [-0.05, 0) is 60.9 Å². The SMILES string of the molecule is N#CCOc1ccc(-c2cccn3nc(Nc4ccc(C(=O)NC5CC5)c(F)c4)nc23)cc1. The van der Waals surface area contributed by atoms with Crippen LogP contribution in [0.2, 0.25) is 0 Å². The lowest BCUT2D eigenvalue weighted by molar-refractivity contribution is 0.0947. The molecule has 1 amide bonds. The summed E-state index contributed by atoms with van der Waals surface area (Å²) in [5, 5.41) is 18.8. The summed E-state index contributed by atoms with van der Waals surface area (Å²) in [6.45, 7) is -0.0130. The third kappa shape index (κ3) is 4.45. The number of nitrogens with zero attached hydrogens (tertiary/aromatic N) is 4. The molecular formula is C24H19FN6O2. The van der Waals surface area contributed by atoms with Crippen molar-refractivity contribution < 1.29 is 13.9 Å². The zero-order chi connectivity index (χ0) is 22.8. The van der Waals surface area contributed by atoms with E-state index < -0.39 is 11.7 Å². The van der Waals surface area contributed by atoms with Crippen molar-refractivity contribution in [3.63, 3.8) is 0 Å². The molecule has 1 aliphatic rings. The Bertz CT molecular complexity index is 1370. The highest BCUT2D eigenvalue weighted by atomic mass is 19.1. The Morgan fingerprint density at radius 3 is 2.76 bits per heavy atom. The second kappa shape index (κ2) is 8.59. The number of carbonyl (C=O) groups is 1. The molecule has 2 aromatic heterocycles. The number of nitriles is 1. The number of aromatic nitrogens is 3. The minimum atomic E-state index is -0.610. The number of halogens is 1. The second-order valence-electron chi connectivity index (χ2n) is 7.66. The van der Waals surface area contributed by atoms with Gasteiger partial charge >= 0.3 is 0 Å². The third-order valence-corrected chi connectivity index (χ3v) is 5.21. The molecule has 164 valence electrons. The standard InChI is InChI=1S/C24H19FN6O2/c25-21-14-17(7-10-20(21)23(32)27-16-5-6-16)28-24-29-22-19(2-1-12-31(22)30-24)15-3-8-18(9-4-15)33-13-11-26/h1-4,7-10,12,14,16H,5-6,13H2,(H,27,32)(H,28,30). The van der Waals surface area contributed by atoms with E-state index in [1.807, 2.05) is 30.3 Å². The van der Waals surface area contributed by atoms with Crippen molar-refractivity contribution >= 4 is 23.2 Å². The fraction of sp³-hybridized carbons (Fsp3) is 0.167. The summed E-state index contributed by atoms with van der Waals surface area (Å²) in [6.07, 6.45) is 3.65. The van der Waals surface area contributed by atoms with Crippen molar-refractivity contribution in [2.45, 2.75) is 18.9 Å². The molecule has 0 aliphatic heterocycles. The highest BCUT2D eigenvalue weighted by Gasteiger charge is 2.25. The van der Waals surface area contributed by atoms with Gasteiger partial charge in [0.1, 0.15) is 17.6 Å². The number of fused-ring (bicyclic) bond motifs is 1. The smallest absolute Gasteiger partial charge is 0.254 e. The van der Waals surface area contributed by atoms with Crippen molar-refractivity contribution in [1.82, 2.24) is 19.9 Å². The first-order valence-corrected chi connectivity index (χ1v) is 10.4. The van der Waals surface area contributed by atoms with Crippen molar-refractivity contribution in [2.24, 2.45) is 0 Å². The molecule has 0 saturated heterocycles. The minimum absolute atomic E-state index is 0.0130. The van der Waals surface area contributed by atoms with Crippen LogP contribution in [0, 0.1) is 17.1 Å². The topological polar surface area (TPSA) is 104 Å². The van der Waals surface area contributed by atoms with E-state index in [4.69, 9.17) is 10.00 Å². The van der Waals surface area contributed by atoms with Gasteiger partial charge in [-0.3, -0.25) is 4.79 Å². The van der Waals surface area contributed by atoms with E-state index >= 15 is 0 Å². The van der Waals surface area contributed by atoms with Crippen LogP contribution < -0.4 is 15.4 Å². The Morgan fingerprint density at radius 2 is 2.03 bits per heavy atom. The number of nitrogens with one attached hydrogen (secondary N) is 2. The van der Waals surface area contributed by atoms with E-state index in [0.29, 0.717) is 23.0 Å². The van der Waals surface area contributed by atoms with Crippen LogP contribution in [0.15, 0.2) is 60.8 Å². The Labute approximate surface area is 188 Å². The zero-order valence-corrected chi connectivity index (χ0v) is 17.5. The number of carbonyl (C=O) groups excluding carboxylic acids is 1. The van der Waals surface area contributed by atoms with E-state index in [1.54, 1.807) is 28.9 Å². The van der Waals surface area contributed by atoms with Crippen molar-refractivity contribution in [3.8, 4) is 22.9 Å². The van der Waals surface area contributed by atoms with Gasteiger partial charge in [-0.15, -0.1) is 5.10 Å². The molecule has 0 atom stereocenters. The second-order valence-corrected chi connectivity index (χ2v) is 7.66. The first kappa shape index (κ1) is 20.5. The summed E-state index contributed by atoms with van der Waals surface area (Å²) in [4.78, 5) is 16.7. The van der Waals surface area contributed by atoms with Gasteiger partial charge < -0.3 is 15.4 Å². The molecule has 0 radical (unpaired) electrons.